The Kier molecular flexibility index (Phi) is 8.71. The lowest BCUT2D eigenvalue weighted by atomic mass is 10.1. The molecule has 3 aromatic carbocycles. The summed E-state index contributed by atoms with van der Waals surface area (Å²) in [5.74, 6) is 0.700. The zero-order valence-electron chi connectivity index (χ0n) is 19.0. The van der Waals surface area contributed by atoms with Crippen LogP contribution in [0, 0.1) is 5.82 Å². The van der Waals surface area contributed by atoms with E-state index < -0.39 is 5.91 Å². The lowest BCUT2D eigenvalue weighted by molar-refractivity contribution is -0.123. The predicted octanol–water partition coefficient (Wildman–Crippen LogP) is 7.05. The molecule has 10 heteroatoms. The van der Waals surface area contributed by atoms with Gasteiger partial charge in [0.15, 0.2) is 11.5 Å². The van der Waals surface area contributed by atoms with Crippen molar-refractivity contribution in [3.63, 3.8) is 0 Å². The van der Waals surface area contributed by atoms with Crippen molar-refractivity contribution in [2.75, 3.05) is 20.3 Å². The number of methoxy groups -OCH3 is 1. The fourth-order valence-electron chi connectivity index (χ4n) is 3.33. The minimum absolute atomic E-state index is 0.0786. The molecule has 6 nitrogen and oxygen atoms in total. The fourth-order valence-corrected chi connectivity index (χ4v) is 5.03. The SMILES string of the molecule is COc1cc(/C=C2\SC(=O)N(CCOc3ccc(F)cc3)C2=O)cc(Br)c1OCc1ccc(Br)cc1. The van der Waals surface area contributed by atoms with Gasteiger partial charge in [-0.25, -0.2) is 4.39 Å². The summed E-state index contributed by atoms with van der Waals surface area (Å²) in [5, 5.41) is -0.380. The van der Waals surface area contributed by atoms with Gasteiger partial charge in [-0.05, 0) is 93.4 Å². The standard InChI is InChI=1S/C26H20Br2FNO5S/c1-33-22-13-17(12-21(28)24(22)35-15-16-2-4-18(27)5-3-16)14-23-25(31)30(26(32)36-23)10-11-34-20-8-6-19(29)7-9-20/h2-9,12-14H,10-11,15H2,1H3/b23-14-. The van der Waals surface area contributed by atoms with Crippen LogP contribution in [0.4, 0.5) is 9.18 Å². The molecule has 0 unspecified atom stereocenters. The van der Waals surface area contributed by atoms with Gasteiger partial charge >= 0.3 is 0 Å². The average Bonchev–Trinajstić information content (AvgIpc) is 3.12. The van der Waals surface area contributed by atoms with Crippen molar-refractivity contribution < 1.29 is 28.2 Å². The van der Waals surface area contributed by atoms with Crippen molar-refractivity contribution >= 4 is 60.8 Å². The number of nitrogens with zero attached hydrogens (tertiary/aromatic N) is 1. The van der Waals surface area contributed by atoms with E-state index in [2.05, 4.69) is 31.9 Å². The topological polar surface area (TPSA) is 65.1 Å². The number of hydrogen-bond donors (Lipinski definition) is 0. The van der Waals surface area contributed by atoms with E-state index in [0.29, 0.717) is 38.8 Å². The van der Waals surface area contributed by atoms with Gasteiger partial charge in [0, 0.05) is 4.47 Å². The van der Waals surface area contributed by atoms with Gasteiger partial charge < -0.3 is 14.2 Å². The molecule has 0 spiro atoms. The molecule has 4 rings (SSSR count). The molecule has 36 heavy (non-hydrogen) atoms. The maximum Gasteiger partial charge on any atom is 0.293 e. The molecule has 0 atom stereocenters. The Morgan fingerprint density at radius 1 is 1.00 bits per heavy atom. The van der Waals surface area contributed by atoms with Crippen LogP contribution in [-0.4, -0.2) is 36.3 Å². The van der Waals surface area contributed by atoms with Crippen molar-refractivity contribution in [3.05, 3.63) is 91.5 Å². The summed E-state index contributed by atoms with van der Waals surface area (Å²) in [6.07, 6.45) is 1.64. The van der Waals surface area contributed by atoms with Gasteiger partial charge in [0.05, 0.1) is 23.0 Å². The number of carbonyl (C=O) groups excluding carboxylic acids is 2. The molecule has 1 aliphatic heterocycles. The van der Waals surface area contributed by atoms with Crippen LogP contribution in [0.3, 0.4) is 0 Å². The monoisotopic (exact) mass is 635 g/mol. The van der Waals surface area contributed by atoms with Crippen LogP contribution in [0.15, 0.2) is 74.5 Å². The molecule has 0 saturated carbocycles. The van der Waals surface area contributed by atoms with E-state index in [1.165, 1.54) is 31.4 Å². The minimum Gasteiger partial charge on any atom is -0.493 e. The number of benzene rings is 3. The first-order chi connectivity index (χ1) is 17.3. The molecule has 186 valence electrons. The van der Waals surface area contributed by atoms with Crippen LogP contribution in [0.1, 0.15) is 11.1 Å². The van der Waals surface area contributed by atoms with Crippen molar-refractivity contribution in [2.45, 2.75) is 6.61 Å². The van der Waals surface area contributed by atoms with Gasteiger partial charge in [-0.2, -0.15) is 0 Å². The number of imide groups is 1. The second-order valence-corrected chi connectivity index (χ2v) is 10.3. The Labute approximate surface area is 228 Å². The molecule has 1 heterocycles. The molecular weight excluding hydrogens is 617 g/mol. The van der Waals surface area contributed by atoms with E-state index in [-0.39, 0.29) is 24.2 Å². The van der Waals surface area contributed by atoms with Crippen LogP contribution in [0.2, 0.25) is 0 Å². The predicted molar refractivity (Wildman–Crippen MR) is 144 cm³/mol. The zero-order valence-corrected chi connectivity index (χ0v) is 23.0. The third kappa shape index (κ3) is 6.48. The summed E-state index contributed by atoms with van der Waals surface area (Å²) in [5.41, 5.74) is 1.66. The summed E-state index contributed by atoms with van der Waals surface area (Å²) in [4.78, 5) is 26.7. The van der Waals surface area contributed by atoms with E-state index in [0.717, 1.165) is 26.7 Å². The molecule has 2 amide bonds. The van der Waals surface area contributed by atoms with Crippen LogP contribution in [-0.2, 0) is 11.4 Å². The second kappa shape index (κ2) is 11.9. The number of ether oxygens (including phenoxy) is 3. The molecule has 1 fully saturated rings. The molecule has 0 aromatic heterocycles. The molecule has 0 N–H and O–H groups in total. The third-order valence-electron chi connectivity index (χ3n) is 5.12. The Morgan fingerprint density at radius 2 is 1.72 bits per heavy atom. The van der Waals surface area contributed by atoms with Crippen molar-refractivity contribution in [1.82, 2.24) is 4.90 Å². The zero-order chi connectivity index (χ0) is 25.7. The molecule has 0 bridgehead atoms. The third-order valence-corrected chi connectivity index (χ3v) is 7.14. The summed E-state index contributed by atoms with van der Waals surface area (Å²) < 4.78 is 31.6. The number of halogens is 3. The lowest BCUT2D eigenvalue weighted by Crippen LogP contribution is -2.32. The largest absolute Gasteiger partial charge is 0.493 e. The molecule has 1 saturated heterocycles. The summed E-state index contributed by atoms with van der Waals surface area (Å²) in [6.45, 7) is 0.524. The van der Waals surface area contributed by atoms with Crippen molar-refractivity contribution in [2.24, 2.45) is 0 Å². The Balaban J connectivity index is 1.43. The number of hydrogen-bond acceptors (Lipinski definition) is 6. The van der Waals surface area contributed by atoms with Gasteiger partial charge in [0.2, 0.25) is 0 Å². The van der Waals surface area contributed by atoms with Gasteiger partial charge in [0.25, 0.3) is 11.1 Å². The van der Waals surface area contributed by atoms with E-state index >= 15 is 0 Å². The molecule has 0 aliphatic carbocycles. The van der Waals surface area contributed by atoms with Crippen LogP contribution in [0.5, 0.6) is 17.2 Å². The van der Waals surface area contributed by atoms with Crippen LogP contribution in [0.25, 0.3) is 6.08 Å². The first-order valence-corrected chi connectivity index (χ1v) is 13.1. The lowest BCUT2D eigenvalue weighted by Gasteiger charge is -2.14. The highest BCUT2D eigenvalue weighted by Gasteiger charge is 2.35. The number of rotatable bonds is 9. The maximum absolute atomic E-state index is 13.0. The number of carbonyl (C=O) groups is 2. The molecule has 3 aromatic rings. The highest BCUT2D eigenvalue weighted by Crippen LogP contribution is 2.39. The highest BCUT2D eigenvalue weighted by molar-refractivity contribution is 9.10. The van der Waals surface area contributed by atoms with E-state index in [4.69, 9.17) is 14.2 Å². The highest BCUT2D eigenvalue weighted by atomic mass is 79.9. The van der Waals surface area contributed by atoms with Crippen molar-refractivity contribution in [1.29, 1.82) is 0 Å². The molecular formula is C26H20Br2FNO5S. The Hall–Kier alpha value is -2.82. The van der Waals surface area contributed by atoms with Gasteiger partial charge in [0.1, 0.15) is 24.8 Å². The minimum atomic E-state index is -0.404. The normalized spacial score (nSPS) is 14.4. The van der Waals surface area contributed by atoms with E-state index in [1.807, 2.05) is 24.3 Å². The van der Waals surface area contributed by atoms with Gasteiger partial charge in [-0.15, -0.1) is 0 Å². The Bertz CT molecular complexity index is 1300. The summed E-state index contributed by atoms with van der Waals surface area (Å²) in [7, 11) is 1.53. The van der Waals surface area contributed by atoms with Gasteiger partial charge in [-0.3, -0.25) is 14.5 Å². The van der Waals surface area contributed by atoms with Gasteiger partial charge in [-0.1, -0.05) is 28.1 Å². The first kappa shape index (κ1) is 26.2. The quantitative estimate of drug-likeness (QED) is 0.235. The molecule has 1 aliphatic rings. The van der Waals surface area contributed by atoms with E-state index in [9.17, 15) is 14.0 Å². The number of amides is 2. The van der Waals surface area contributed by atoms with Crippen LogP contribution >= 0.6 is 43.6 Å². The van der Waals surface area contributed by atoms with E-state index in [1.54, 1.807) is 18.2 Å². The first-order valence-electron chi connectivity index (χ1n) is 10.7. The molecule has 0 radical (unpaired) electrons. The van der Waals surface area contributed by atoms with Crippen molar-refractivity contribution in [3.8, 4) is 17.2 Å². The van der Waals surface area contributed by atoms with Crippen LogP contribution < -0.4 is 14.2 Å². The Morgan fingerprint density at radius 3 is 2.42 bits per heavy atom. The maximum atomic E-state index is 13.0. The second-order valence-electron chi connectivity index (χ2n) is 7.58. The summed E-state index contributed by atoms with van der Waals surface area (Å²) in [6, 6.07) is 16.9. The smallest absolute Gasteiger partial charge is 0.293 e. The summed E-state index contributed by atoms with van der Waals surface area (Å²) >= 11 is 7.80. The fraction of sp³-hybridized carbons (Fsp3) is 0.154. The average molecular weight is 637 g/mol. The number of thioether (sulfide) groups is 1.